The van der Waals surface area contributed by atoms with E-state index in [0.717, 1.165) is 32.5 Å². The lowest BCUT2D eigenvalue weighted by Gasteiger charge is -2.19. The van der Waals surface area contributed by atoms with Crippen LogP contribution in [-0.4, -0.2) is 59.7 Å². The highest BCUT2D eigenvalue weighted by Gasteiger charge is 2.31. The second-order valence-electron chi connectivity index (χ2n) is 10.6. The smallest absolute Gasteiger partial charge is 0.323 e. The number of carbonyl (C=O) groups is 3. The van der Waals surface area contributed by atoms with Gasteiger partial charge in [-0.1, -0.05) is 36.6 Å². The molecule has 2 heterocycles. The van der Waals surface area contributed by atoms with Crippen LogP contribution in [0.25, 0.3) is 10.9 Å². The Morgan fingerprint density at radius 1 is 1.15 bits per heavy atom. The van der Waals surface area contributed by atoms with E-state index in [9.17, 15) is 18.8 Å². The number of benzene rings is 2. The van der Waals surface area contributed by atoms with Crippen LogP contribution in [-0.2, 0) is 11.3 Å². The molecule has 1 atom stereocenters. The predicted octanol–water partition coefficient (Wildman–Crippen LogP) is 4.44. The second-order valence-corrected chi connectivity index (χ2v) is 11.0. The fourth-order valence-electron chi connectivity index (χ4n) is 5.11. The third-order valence-electron chi connectivity index (χ3n) is 7.51. The highest BCUT2D eigenvalue weighted by molar-refractivity contribution is 6.30. The maximum absolute atomic E-state index is 14.3. The van der Waals surface area contributed by atoms with E-state index < -0.39 is 29.8 Å². The number of carbonyl (C=O) groups excluding carboxylic acids is 3. The van der Waals surface area contributed by atoms with E-state index in [1.54, 1.807) is 24.3 Å². The number of ether oxygens (including phenoxy) is 1. The molecule has 5 rings (SSSR count). The summed E-state index contributed by atoms with van der Waals surface area (Å²) in [4.78, 5) is 40.5. The lowest BCUT2D eigenvalue weighted by atomic mass is 10.1. The fourth-order valence-corrected chi connectivity index (χ4v) is 5.30. The molecule has 1 aliphatic carbocycles. The van der Waals surface area contributed by atoms with Crippen LogP contribution in [0.4, 0.5) is 19.7 Å². The van der Waals surface area contributed by atoms with Gasteiger partial charge in [-0.2, -0.15) is 0 Å². The molecule has 41 heavy (non-hydrogen) atoms. The number of amides is 4. The number of hydrogen-bond donors (Lipinski definition) is 4. The number of anilines is 1. The summed E-state index contributed by atoms with van der Waals surface area (Å²) in [7, 11) is 0. The number of nitrogens with two attached hydrogens (primary N) is 1. The molecule has 218 valence electrons. The Hall–Kier alpha value is -3.83. The predicted molar refractivity (Wildman–Crippen MR) is 155 cm³/mol. The van der Waals surface area contributed by atoms with Gasteiger partial charge in [-0.15, -0.1) is 0 Å². The van der Waals surface area contributed by atoms with Gasteiger partial charge in [0.15, 0.2) is 0 Å². The third-order valence-corrected chi connectivity index (χ3v) is 7.80. The van der Waals surface area contributed by atoms with Gasteiger partial charge in [0.1, 0.15) is 24.2 Å². The van der Waals surface area contributed by atoms with Gasteiger partial charge < -0.3 is 26.4 Å². The van der Waals surface area contributed by atoms with Crippen LogP contribution >= 0.6 is 11.6 Å². The molecule has 2 aliphatic rings. The minimum absolute atomic E-state index is 0.0287. The average Bonchev–Trinajstić information content (AvgIpc) is 3.47. The summed E-state index contributed by atoms with van der Waals surface area (Å²) < 4.78 is 21.5. The Morgan fingerprint density at radius 2 is 1.93 bits per heavy atom. The van der Waals surface area contributed by atoms with Gasteiger partial charge in [0, 0.05) is 30.2 Å². The summed E-state index contributed by atoms with van der Waals surface area (Å²) in [6.07, 6.45) is 6.25. The normalized spacial score (nSPS) is 16.0. The van der Waals surface area contributed by atoms with Crippen molar-refractivity contribution >= 4 is 46.2 Å². The zero-order valence-corrected chi connectivity index (χ0v) is 23.4. The zero-order chi connectivity index (χ0) is 28.9. The molecule has 10 nitrogen and oxygen atoms in total. The van der Waals surface area contributed by atoms with Crippen molar-refractivity contribution in [1.29, 1.82) is 0 Å². The molecule has 1 saturated heterocycles. The standard InChI is InChI=1S/C29H34ClFN6O4/c30-22-5-3-4-19(26(22)31)16-33-27(38)23(14-18-6-7-18)34-29(40)35-24-17-37(28(32)39)25-9-8-20(15-21(24)25)41-13-12-36-10-1-2-11-36/h3-5,8-9,15,17-18,23H,1-2,6-7,10-14,16H2,(H2,32,39)(H,33,38)(H2,34,35,40)/t23-/m0/s1. The summed E-state index contributed by atoms with van der Waals surface area (Å²) >= 11 is 5.85. The molecule has 1 saturated carbocycles. The van der Waals surface area contributed by atoms with Crippen LogP contribution in [0.5, 0.6) is 5.75 Å². The molecule has 4 amide bonds. The minimum atomic E-state index is -0.835. The summed E-state index contributed by atoms with van der Waals surface area (Å²) in [6.45, 7) is 3.42. The first-order chi connectivity index (χ1) is 19.8. The number of hydrogen-bond acceptors (Lipinski definition) is 5. The van der Waals surface area contributed by atoms with Crippen LogP contribution in [0.15, 0.2) is 42.6 Å². The van der Waals surface area contributed by atoms with E-state index in [-0.39, 0.29) is 17.1 Å². The molecule has 0 unspecified atom stereocenters. The molecular weight excluding hydrogens is 551 g/mol. The first-order valence-electron chi connectivity index (χ1n) is 13.9. The second kappa shape index (κ2) is 12.8. The van der Waals surface area contributed by atoms with Crippen molar-refractivity contribution in [3.05, 3.63) is 59.0 Å². The number of aromatic nitrogens is 1. The number of nitrogens with zero attached hydrogens (tertiary/aromatic N) is 2. The van der Waals surface area contributed by atoms with E-state index in [1.807, 2.05) is 0 Å². The van der Waals surface area contributed by atoms with Crippen molar-refractivity contribution in [3.8, 4) is 5.75 Å². The number of fused-ring (bicyclic) bond motifs is 1. The van der Waals surface area contributed by atoms with E-state index in [0.29, 0.717) is 41.3 Å². The van der Waals surface area contributed by atoms with Gasteiger partial charge in [0.25, 0.3) is 0 Å². The lowest BCUT2D eigenvalue weighted by Crippen LogP contribution is -2.48. The Morgan fingerprint density at radius 3 is 2.66 bits per heavy atom. The van der Waals surface area contributed by atoms with E-state index in [1.165, 1.54) is 35.7 Å². The maximum Gasteiger partial charge on any atom is 0.323 e. The molecule has 2 aromatic carbocycles. The van der Waals surface area contributed by atoms with Crippen LogP contribution in [0, 0.1) is 11.7 Å². The van der Waals surface area contributed by atoms with Crippen LogP contribution in [0.2, 0.25) is 5.02 Å². The van der Waals surface area contributed by atoms with Gasteiger partial charge in [-0.05, 0) is 62.5 Å². The van der Waals surface area contributed by atoms with Gasteiger partial charge in [0.2, 0.25) is 5.91 Å². The molecule has 0 spiro atoms. The number of halogens is 2. The van der Waals surface area contributed by atoms with E-state index >= 15 is 0 Å². The molecule has 1 aliphatic heterocycles. The lowest BCUT2D eigenvalue weighted by molar-refractivity contribution is -0.123. The molecule has 12 heteroatoms. The van der Waals surface area contributed by atoms with Crippen LogP contribution < -0.4 is 26.4 Å². The molecule has 0 bridgehead atoms. The number of nitrogens with one attached hydrogen (secondary N) is 3. The van der Waals surface area contributed by atoms with E-state index in [2.05, 4.69) is 20.9 Å². The highest BCUT2D eigenvalue weighted by atomic mass is 35.5. The maximum atomic E-state index is 14.3. The Labute approximate surface area is 242 Å². The monoisotopic (exact) mass is 584 g/mol. The van der Waals surface area contributed by atoms with Gasteiger partial charge in [-0.25, -0.2) is 14.0 Å². The quantitative estimate of drug-likeness (QED) is 0.265. The highest BCUT2D eigenvalue weighted by Crippen LogP contribution is 2.34. The number of primary amides is 1. The Kier molecular flexibility index (Phi) is 8.94. The summed E-state index contributed by atoms with van der Waals surface area (Å²) in [6, 6.07) is 7.64. The topological polar surface area (TPSA) is 131 Å². The van der Waals surface area contributed by atoms with E-state index in [4.69, 9.17) is 22.1 Å². The van der Waals surface area contributed by atoms with Crippen molar-refractivity contribution in [2.24, 2.45) is 11.7 Å². The third kappa shape index (κ3) is 7.28. The molecule has 5 N–H and O–H groups in total. The molecule has 1 aromatic heterocycles. The minimum Gasteiger partial charge on any atom is -0.492 e. The van der Waals surface area contributed by atoms with Gasteiger partial charge in [0.05, 0.1) is 16.2 Å². The summed E-state index contributed by atoms with van der Waals surface area (Å²) in [5.74, 6) is -0.101. The first-order valence-corrected chi connectivity index (χ1v) is 14.2. The summed E-state index contributed by atoms with van der Waals surface area (Å²) in [5.41, 5.74) is 6.67. The van der Waals surface area contributed by atoms with Crippen LogP contribution in [0.3, 0.4) is 0 Å². The SMILES string of the molecule is NC(=O)n1cc(NC(=O)N[C@@H](CC2CC2)C(=O)NCc2cccc(Cl)c2F)c2cc(OCCN3CCCC3)ccc21. The zero-order valence-electron chi connectivity index (χ0n) is 22.6. The number of likely N-dealkylation sites (tertiary alicyclic amines) is 1. The van der Waals surface area contributed by atoms with Gasteiger partial charge in [-0.3, -0.25) is 14.3 Å². The average molecular weight is 585 g/mol. The number of rotatable bonds is 11. The van der Waals surface area contributed by atoms with Crippen molar-refractivity contribution in [1.82, 2.24) is 20.1 Å². The van der Waals surface area contributed by atoms with Crippen molar-refractivity contribution in [2.45, 2.75) is 44.7 Å². The molecule has 2 fully saturated rings. The summed E-state index contributed by atoms with van der Waals surface area (Å²) in [5, 5.41) is 8.73. The van der Waals surface area contributed by atoms with Crippen molar-refractivity contribution in [2.75, 3.05) is 31.6 Å². The number of urea groups is 1. The first kappa shape index (κ1) is 28.7. The Bertz CT molecular complexity index is 1440. The molecular formula is C29H34ClFN6O4. The van der Waals surface area contributed by atoms with Crippen LogP contribution in [0.1, 0.15) is 37.7 Å². The van der Waals surface area contributed by atoms with Crippen molar-refractivity contribution < 1.29 is 23.5 Å². The molecule has 3 aromatic rings. The Balaban J connectivity index is 1.26. The largest absolute Gasteiger partial charge is 0.492 e. The fraction of sp³-hybridized carbons (Fsp3) is 0.414. The van der Waals surface area contributed by atoms with Crippen molar-refractivity contribution in [3.63, 3.8) is 0 Å². The van der Waals surface area contributed by atoms with Gasteiger partial charge >= 0.3 is 12.1 Å². The molecule has 0 radical (unpaired) electrons.